The van der Waals surface area contributed by atoms with Crippen LogP contribution in [0.3, 0.4) is 0 Å². The molecule has 2 aromatic rings. The van der Waals surface area contributed by atoms with Crippen molar-refractivity contribution < 1.29 is 4.52 Å². The first-order valence-electron chi connectivity index (χ1n) is 6.46. The second-order valence-corrected chi connectivity index (χ2v) is 6.11. The molecule has 5 nitrogen and oxygen atoms in total. The first-order chi connectivity index (χ1) is 9.04. The molecule has 6 heteroatoms. The highest BCUT2D eigenvalue weighted by Gasteiger charge is 2.11. The van der Waals surface area contributed by atoms with Crippen LogP contribution < -0.4 is 0 Å². The van der Waals surface area contributed by atoms with Gasteiger partial charge in [0.25, 0.3) is 0 Å². The van der Waals surface area contributed by atoms with E-state index in [1.165, 1.54) is 0 Å². The average molecular weight is 280 g/mol. The summed E-state index contributed by atoms with van der Waals surface area (Å²) in [4.78, 5) is 11.0. The van der Waals surface area contributed by atoms with Crippen molar-refractivity contribution >= 4 is 11.3 Å². The minimum atomic E-state index is 0.282. The summed E-state index contributed by atoms with van der Waals surface area (Å²) in [5.41, 5.74) is 1.16. The molecule has 0 aliphatic carbocycles. The molecule has 0 radical (unpaired) electrons. The molecule has 0 spiro atoms. The lowest BCUT2D eigenvalue weighted by Crippen LogP contribution is -2.21. The van der Waals surface area contributed by atoms with Crippen LogP contribution in [0.15, 0.2) is 9.90 Å². The topological polar surface area (TPSA) is 55.1 Å². The van der Waals surface area contributed by atoms with Gasteiger partial charge in [0.1, 0.15) is 0 Å². The molecule has 0 atom stereocenters. The molecule has 0 saturated carbocycles. The van der Waals surface area contributed by atoms with E-state index in [2.05, 4.69) is 32.5 Å². The molecule has 0 N–H and O–H groups in total. The normalized spacial score (nSPS) is 11.7. The Labute approximate surface area is 117 Å². The Morgan fingerprint density at radius 1 is 1.37 bits per heavy atom. The lowest BCUT2D eigenvalue weighted by atomic mass is 10.2. The summed E-state index contributed by atoms with van der Waals surface area (Å²) in [7, 11) is 2.06. The van der Waals surface area contributed by atoms with Crippen LogP contribution in [0.2, 0.25) is 0 Å². The highest BCUT2D eigenvalue weighted by Crippen LogP contribution is 2.12. The van der Waals surface area contributed by atoms with Gasteiger partial charge in [-0.1, -0.05) is 19.0 Å². The maximum Gasteiger partial charge on any atom is 0.229 e. The van der Waals surface area contributed by atoms with Crippen LogP contribution in [0, 0.1) is 6.92 Å². The highest BCUT2D eigenvalue weighted by molar-refractivity contribution is 7.09. The molecule has 0 bridgehead atoms. The number of rotatable bonds is 6. The van der Waals surface area contributed by atoms with Gasteiger partial charge >= 0.3 is 0 Å². The molecule has 0 aliphatic heterocycles. The summed E-state index contributed by atoms with van der Waals surface area (Å²) in [5.74, 6) is 1.74. The SMILES string of the molecule is Cc1nc(CCN(C)Cc2noc(C(C)C)n2)cs1. The fourth-order valence-electron chi connectivity index (χ4n) is 1.72. The second kappa shape index (κ2) is 6.25. The van der Waals surface area contributed by atoms with E-state index in [0.717, 1.165) is 29.5 Å². The maximum atomic E-state index is 5.19. The molecular formula is C13H20N4OS. The third-order valence-corrected chi connectivity index (χ3v) is 3.63. The zero-order chi connectivity index (χ0) is 13.8. The summed E-state index contributed by atoms with van der Waals surface area (Å²) in [6.07, 6.45) is 0.954. The summed E-state index contributed by atoms with van der Waals surface area (Å²) >= 11 is 1.70. The van der Waals surface area contributed by atoms with Gasteiger partial charge in [0.15, 0.2) is 5.82 Å². The van der Waals surface area contributed by atoms with Crippen LogP contribution in [-0.4, -0.2) is 33.6 Å². The minimum Gasteiger partial charge on any atom is -0.339 e. The van der Waals surface area contributed by atoms with E-state index in [9.17, 15) is 0 Å². The van der Waals surface area contributed by atoms with Crippen LogP contribution in [0.25, 0.3) is 0 Å². The van der Waals surface area contributed by atoms with E-state index >= 15 is 0 Å². The summed E-state index contributed by atoms with van der Waals surface area (Å²) in [6, 6.07) is 0. The molecule has 0 unspecified atom stereocenters. The highest BCUT2D eigenvalue weighted by atomic mass is 32.1. The number of likely N-dealkylation sites (N-methyl/N-ethyl adjacent to an activating group) is 1. The molecule has 2 heterocycles. The Morgan fingerprint density at radius 2 is 2.16 bits per heavy atom. The largest absolute Gasteiger partial charge is 0.339 e. The summed E-state index contributed by atoms with van der Waals surface area (Å²) in [5, 5.41) is 7.24. The Morgan fingerprint density at radius 3 is 2.74 bits per heavy atom. The van der Waals surface area contributed by atoms with Crippen LogP contribution in [0.4, 0.5) is 0 Å². The van der Waals surface area contributed by atoms with E-state index < -0.39 is 0 Å². The van der Waals surface area contributed by atoms with Gasteiger partial charge < -0.3 is 4.52 Å². The minimum absolute atomic E-state index is 0.282. The van der Waals surface area contributed by atoms with E-state index in [1.54, 1.807) is 11.3 Å². The number of aryl methyl sites for hydroxylation is 1. The van der Waals surface area contributed by atoms with Crippen molar-refractivity contribution in [2.45, 2.75) is 39.7 Å². The quantitative estimate of drug-likeness (QED) is 0.814. The Bertz CT molecular complexity index is 520. The van der Waals surface area contributed by atoms with Gasteiger partial charge in [0.05, 0.1) is 17.2 Å². The lowest BCUT2D eigenvalue weighted by Gasteiger charge is -2.12. The Hall–Kier alpha value is -1.27. The van der Waals surface area contributed by atoms with Crippen molar-refractivity contribution in [2.75, 3.05) is 13.6 Å². The van der Waals surface area contributed by atoms with Crippen molar-refractivity contribution in [3.63, 3.8) is 0 Å². The standard InChI is InChI=1S/C13H20N4OS/c1-9(2)13-15-12(16-18-13)7-17(4)6-5-11-8-19-10(3)14-11/h8-9H,5-7H2,1-4H3. The molecule has 104 valence electrons. The predicted molar refractivity (Wildman–Crippen MR) is 75.3 cm³/mol. The van der Waals surface area contributed by atoms with Crippen LogP contribution >= 0.6 is 11.3 Å². The van der Waals surface area contributed by atoms with E-state index in [0.29, 0.717) is 12.4 Å². The first-order valence-corrected chi connectivity index (χ1v) is 7.34. The number of nitrogens with zero attached hydrogens (tertiary/aromatic N) is 4. The average Bonchev–Trinajstić information content (AvgIpc) is 2.96. The van der Waals surface area contributed by atoms with E-state index in [4.69, 9.17) is 4.52 Å². The fraction of sp³-hybridized carbons (Fsp3) is 0.615. The van der Waals surface area contributed by atoms with Crippen molar-refractivity contribution in [3.05, 3.63) is 27.8 Å². The fourth-order valence-corrected chi connectivity index (χ4v) is 2.36. The second-order valence-electron chi connectivity index (χ2n) is 5.05. The molecule has 0 amide bonds. The first kappa shape index (κ1) is 14.1. The van der Waals surface area contributed by atoms with Gasteiger partial charge in [-0.25, -0.2) is 4.98 Å². The van der Waals surface area contributed by atoms with Crippen molar-refractivity contribution in [1.29, 1.82) is 0 Å². The Balaban J connectivity index is 1.81. The van der Waals surface area contributed by atoms with Gasteiger partial charge in [-0.3, -0.25) is 4.90 Å². The van der Waals surface area contributed by atoms with Gasteiger partial charge in [-0.2, -0.15) is 4.98 Å². The van der Waals surface area contributed by atoms with Gasteiger partial charge in [0.2, 0.25) is 5.89 Å². The molecule has 2 aromatic heterocycles. The number of thiazole rings is 1. The molecule has 0 aromatic carbocycles. The van der Waals surface area contributed by atoms with Crippen molar-refractivity contribution in [3.8, 4) is 0 Å². The van der Waals surface area contributed by atoms with Gasteiger partial charge in [-0.05, 0) is 14.0 Å². The molecule has 19 heavy (non-hydrogen) atoms. The monoisotopic (exact) mass is 280 g/mol. The molecule has 0 fully saturated rings. The Kier molecular flexibility index (Phi) is 4.66. The summed E-state index contributed by atoms with van der Waals surface area (Å²) < 4.78 is 5.19. The van der Waals surface area contributed by atoms with Crippen LogP contribution in [0.1, 0.15) is 42.2 Å². The zero-order valence-electron chi connectivity index (χ0n) is 11.9. The smallest absolute Gasteiger partial charge is 0.229 e. The van der Waals surface area contributed by atoms with Crippen molar-refractivity contribution in [1.82, 2.24) is 20.0 Å². The lowest BCUT2D eigenvalue weighted by molar-refractivity contribution is 0.307. The van der Waals surface area contributed by atoms with Gasteiger partial charge in [-0.15, -0.1) is 11.3 Å². The van der Waals surface area contributed by atoms with Gasteiger partial charge in [0, 0.05) is 24.3 Å². The maximum absolute atomic E-state index is 5.19. The summed E-state index contributed by atoms with van der Waals surface area (Å²) in [6.45, 7) is 7.77. The molecule has 0 aliphatic rings. The van der Waals surface area contributed by atoms with E-state index in [1.807, 2.05) is 20.8 Å². The number of aromatic nitrogens is 3. The van der Waals surface area contributed by atoms with Crippen LogP contribution in [-0.2, 0) is 13.0 Å². The molecule has 0 saturated heterocycles. The third-order valence-electron chi connectivity index (χ3n) is 2.81. The molecular weight excluding hydrogens is 260 g/mol. The zero-order valence-corrected chi connectivity index (χ0v) is 12.7. The third kappa shape index (κ3) is 4.11. The molecule has 2 rings (SSSR count). The number of hydrogen-bond donors (Lipinski definition) is 0. The van der Waals surface area contributed by atoms with Crippen molar-refractivity contribution in [2.24, 2.45) is 0 Å². The van der Waals surface area contributed by atoms with E-state index in [-0.39, 0.29) is 5.92 Å². The van der Waals surface area contributed by atoms with Crippen LogP contribution in [0.5, 0.6) is 0 Å². The predicted octanol–water partition coefficient (Wildman–Crippen LogP) is 2.63. The number of hydrogen-bond acceptors (Lipinski definition) is 6.